The van der Waals surface area contributed by atoms with Crippen LogP contribution < -0.4 is 28.2 Å². The molecule has 0 spiro atoms. The van der Waals surface area contributed by atoms with Gasteiger partial charge in [0.05, 0.1) is 25.0 Å². The zero-order chi connectivity index (χ0) is 22.4. The number of hydrogen-bond donors (Lipinski definition) is 6. The topological polar surface area (TPSA) is 187 Å². The lowest BCUT2D eigenvalue weighted by Gasteiger charge is -2.25. The summed E-state index contributed by atoms with van der Waals surface area (Å²) in [5.74, 6) is 0.290. The van der Waals surface area contributed by atoms with Gasteiger partial charge in [-0.05, 0) is 31.1 Å². The van der Waals surface area contributed by atoms with Crippen molar-refractivity contribution in [3.05, 3.63) is 0 Å². The van der Waals surface area contributed by atoms with Gasteiger partial charge >= 0.3 is 0 Å². The number of hydrogen-bond acceptors (Lipinski definition) is 8. The van der Waals surface area contributed by atoms with Gasteiger partial charge in [-0.25, -0.2) is 0 Å². The van der Waals surface area contributed by atoms with Gasteiger partial charge in [-0.15, -0.1) is 0 Å². The van der Waals surface area contributed by atoms with E-state index in [-0.39, 0.29) is 24.7 Å². The molecule has 0 bridgehead atoms. The van der Waals surface area contributed by atoms with Gasteiger partial charge in [0.2, 0.25) is 0 Å². The van der Waals surface area contributed by atoms with Crippen LogP contribution in [0.25, 0.3) is 0 Å². The van der Waals surface area contributed by atoms with E-state index in [1.54, 1.807) is 0 Å². The largest absolute Gasteiger partial charge is 0.370 e. The summed E-state index contributed by atoms with van der Waals surface area (Å²) >= 11 is 0. The van der Waals surface area contributed by atoms with Crippen LogP contribution in [0.5, 0.6) is 0 Å². The van der Waals surface area contributed by atoms with Crippen LogP contribution in [0.2, 0.25) is 0 Å². The van der Waals surface area contributed by atoms with Gasteiger partial charge in [-0.1, -0.05) is 27.7 Å². The van der Waals surface area contributed by atoms with E-state index in [2.05, 4.69) is 43.6 Å². The Balaban J connectivity index is 4.38. The standard InChI is InChI=1S/C17H40N6O5S/c1-12(2)8-15(22-27-9-14(18)11-29(24,25)26)10-28-23-16(13(3)4)6-5-7-21-17(19)20/h12-16,22-23H,5-11,18H2,1-4H3,(H4,19,20,21)(H,24,25,26). The summed E-state index contributed by atoms with van der Waals surface area (Å²) in [6.45, 7) is 9.22. The van der Waals surface area contributed by atoms with Crippen molar-refractivity contribution in [3.8, 4) is 0 Å². The maximum Gasteiger partial charge on any atom is 0.266 e. The van der Waals surface area contributed by atoms with Crippen LogP contribution in [0.4, 0.5) is 0 Å². The summed E-state index contributed by atoms with van der Waals surface area (Å²) in [7, 11) is -4.13. The van der Waals surface area contributed by atoms with Crippen molar-refractivity contribution in [1.82, 2.24) is 11.0 Å². The zero-order valence-electron chi connectivity index (χ0n) is 18.0. The molecule has 0 heterocycles. The van der Waals surface area contributed by atoms with Crippen molar-refractivity contribution >= 4 is 16.1 Å². The lowest BCUT2D eigenvalue weighted by molar-refractivity contribution is -0.0562. The normalized spacial score (nSPS) is 15.4. The Hall–Kier alpha value is -1.02. The third kappa shape index (κ3) is 17.5. The van der Waals surface area contributed by atoms with E-state index in [4.69, 9.17) is 31.4 Å². The third-order valence-corrected chi connectivity index (χ3v) is 4.87. The molecule has 0 radical (unpaired) electrons. The Labute approximate surface area is 174 Å². The van der Waals surface area contributed by atoms with E-state index in [0.717, 1.165) is 19.3 Å². The highest BCUT2D eigenvalue weighted by molar-refractivity contribution is 7.85. The molecule has 0 aromatic rings. The fourth-order valence-electron chi connectivity index (χ4n) is 2.61. The highest BCUT2D eigenvalue weighted by Gasteiger charge is 2.17. The zero-order valence-corrected chi connectivity index (χ0v) is 18.8. The van der Waals surface area contributed by atoms with Crippen LogP contribution in [0.1, 0.15) is 47.0 Å². The quantitative estimate of drug-likeness (QED) is 0.0578. The van der Waals surface area contributed by atoms with Crippen LogP contribution >= 0.6 is 0 Å². The maximum atomic E-state index is 10.8. The molecule has 0 saturated heterocycles. The molecule has 11 nitrogen and oxygen atoms in total. The summed E-state index contributed by atoms with van der Waals surface area (Å²) in [4.78, 5) is 15.0. The Morgan fingerprint density at radius 1 is 1.10 bits per heavy atom. The minimum Gasteiger partial charge on any atom is -0.370 e. The molecule has 0 aliphatic rings. The number of hydroxylamine groups is 2. The minimum absolute atomic E-state index is 0.0543. The summed E-state index contributed by atoms with van der Waals surface area (Å²) in [6.07, 6.45) is 2.48. The second-order valence-corrected chi connectivity index (χ2v) is 9.49. The van der Waals surface area contributed by atoms with Crippen LogP contribution in [0, 0.1) is 11.8 Å². The highest BCUT2D eigenvalue weighted by atomic mass is 32.2. The van der Waals surface area contributed by atoms with E-state index in [0.29, 0.717) is 25.0 Å². The number of aliphatic imine (C=N–C) groups is 1. The van der Waals surface area contributed by atoms with Gasteiger partial charge in [0.1, 0.15) is 0 Å². The molecule has 12 heteroatoms. The summed E-state index contributed by atoms with van der Waals surface area (Å²) in [6, 6.07) is -0.797. The third-order valence-electron chi connectivity index (χ3n) is 4.02. The molecule has 0 aromatic heterocycles. The molecule has 0 rings (SSSR count). The Morgan fingerprint density at radius 2 is 1.72 bits per heavy atom. The number of nitrogens with one attached hydrogen (secondary N) is 2. The summed E-state index contributed by atoms with van der Waals surface area (Å²) in [5.41, 5.74) is 22.2. The van der Waals surface area contributed by atoms with Crippen LogP contribution in [0.15, 0.2) is 4.99 Å². The van der Waals surface area contributed by atoms with Crippen molar-refractivity contribution in [2.24, 2.45) is 34.0 Å². The molecule has 3 atom stereocenters. The Morgan fingerprint density at radius 3 is 2.24 bits per heavy atom. The molecular formula is C17H40N6O5S. The van der Waals surface area contributed by atoms with Gasteiger partial charge < -0.3 is 17.2 Å². The molecular weight excluding hydrogens is 400 g/mol. The van der Waals surface area contributed by atoms with Crippen molar-refractivity contribution < 1.29 is 22.6 Å². The Kier molecular flexibility index (Phi) is 14.4. The van der Waals surface area contributed by atoms with E-state index in [1.807, 2.05) is 0 Å². The van der Waals surface area contributed by atoms with Crippen molar-refractivity contribution in [3.63, 3.8) is 0 Å². The smallest absolute Gasteiger partial charge is 0.266 e. The van der Waals surface area contributed by atoms with Crippen molar-refractivity contribution in [2.75, 3.05) is 25.5 Å². The number of rotatable bonds is 17. The summed E-state index contributed by atoms with van der Waals surface area (Å²) < 4.78 is 30.4. The first-order valence-corrected chi connectivity index (χ1v) is 11.5. The second-order valence-electron chi connectivity index (χ2n) is 7.99. The molecule has 3 unspecified atom stereocenters. The lowest BCUT2D eigenvalue weighted by Crippen LogP contribution is -2.43. The van der Waals surface area contributed by atoms with Gasteiger partial charge in [0.15, 0.2) is 5.96 Å². The van der Waals surface area contributed by atoms with E-state index < -0.39 is 21.9 Å². The Bertz CT molecular complexity index is 555. The van der Waals surface area contributed by atoms with Gasteiger partial charge in [0.25, 0.3) is 10.1 Å². The van der Waals surface area contributed by atoms with E-state index in [9.17, 15) is 8.42 Å². The highest BCUT2D eigenvalue weighted by Crippen LogP contribution is 2.10. The number of guanidine groups is 1. The summed E-state index contributed by atoms with van der Waals surface area (Å²) in [5, 5.41) is 0. The van der Waals surface area contributed by atoms with Gasteiger partial charge in [-0.2, -0.15) is 19.4 Å². The fraction of sp³-hybridized carbons (Fsp3) is 0.941. The number of nitrogens with two attached hydrogens (primary N) is 3. The lowest BCUT2D eigenvalue weighted by atomic mass is 10.0. The van der Waals surface area contributed by atoms with E-state index in [1.165, 1.54) is 0 Å². The average Bonchev–Trinajstić information content (AvgIpc) is 2.53. The van der Waals surface area contributed by atoms with Gasteiger partial charge in [-0.3, -0.25) is 19.2 Å². The monoisotopic (exact) mass is 440 g/mol. The van der Waals surface area contributed by atoms with Crippen molar-refractivity contribution in [2.45, 2.75) is 65.1 Å². The predicted octanol–water partition coefficient (Wildman–Crippen LogP) is -0.263. The molecule has 0 aliphatic heterocycles. The molecule has 174 valence electrons. The van der Waals surface area contributed by atoms with Gasteiger partial charge in [0, 0.05) is 18.6 Å². The first-order valence-electron chi connectivity index (χ1n) is 9.91. The first kappa shape index (κ1) is 28.0. The van der Waals surface area contributed by atoms with Crippen molar-refractivity contribution in [1.29, 1.82) is 0 Å². The van der Waals surface area contributed by atoms with Crippen LogP contribution in [-0.4, -0.2) is 62.6 Å². The first-order chi connectivity index (χ1) is 13.4. The maximum absolute atomic E-state index is 10.8. The molecule has 0 amide bonds. The average molecular weight is 441 g/mol. The minimum atomic E-state index is -4.13. The number of nitrogens with zero attached hydrogens (tertiary/aromatic N) is 1. The molecule has 0 aromatic carbocycles. The SMILES string of the molecule is CC(C)CC(CONC(CCCN=C(N)N)C(C)C)NOCC(N)CS(=O)(=O)O. The second kappa shape index (κ2) is 14.9. The predicted molar refractivity (Wildman–Crippen MR) is 114 cm³/mol. The molecule has 0 aliphatic carbocycles. The fourth-order valence-corrected chi connectivity index (χ4v) is 3.25. The van der Waals surface area contributed by atoms with Crippen LogP contribution in [-0.2, 0) is 19.8 Å². The van der Waals surface area contributed by atoms with E-state index >= 15 is 0 Å². The molecule has 9 N–H and O–H groups in total. The van der Waals surface area contributed by atoms with Crippen LogP contribution in [0.3, 0.4) is 0 Å². The molecule has 0 saturated carbocycles. The molecule has 29 heavy (non-hydrogen) atoms. The molecule has 0 fully saturated rings.